The van der Waals surface area contributed by atoms with Gasteiger partial charge in [0.25, 0.3) is 0 Å². The predicted molar refractivity (Wildman–Crippen MR) is 172 cm³/mol. The third-order valence-electron chi connectivity index (χ3n) is 8.85. The number of carbonyl (C=O) groups excluding carboxylic acids is 1. The molecule has 0 saturated carbocycles. The van der Waals surface area contributed by atoms with Gasteiger partial charge in [-0.2, -0.15) is 0 Å². The number of ether oxygens (including phenoxy) is 5. The van der Waals surface area contributed by atoms with Crippen molar-refractivity contribution in [2.24, 2.45) is 11.8 Å². The molecule has 0 radical (unpaired) electrons. The first-order chi connectivity index (χ1) is 21.9. The van der Waals surface area contributed by atoms with Crippen LogP contribution in [0.3, 0.4) is 0 Å². The number of carbonyl (C=O) groups is 1. The van der Waals surface area contributed by atoms with E-state index in [-0.39, 0.29) is 12.4 Å². The SMILES string of the molecule is CC(=O)[C@H]1C2C(O[C@H](COCc3ccccc3)[C@H](OCc3ccccc3)[C@@H]2OCc2ccccc2)O[C@]1(C)c1ccc(Cl)cc1. The highest BCUT2D eigenvalue weighted by molar-refractivity contribution is 6.30. The molecule has 2 fully saturated rings. The maximum atomic E-state index is 13.6. The third kappa shape index (κ3) is 7.23. The zero-order valence-electron chi connectivity index (χ0n) is 25.6. The molecule has 6 rings (SSSR count). The molecule has 2 aliphatic rings. The predicted octanol–water partition coefficient (Wildman–Crippen LogP) is 7.52. The monoisotopic (exact) mass is 626 g/mol. The molecule has 2 unspecified atom stereocenters. The van der Waals surface area contributed by atoms with Gasteiger partial charge in [-0.25, -0.2) is 0 Å². The molecule has 0 bridgehead atoms. The van der Waals surface area contributed by atoms with Gasteiger partial charge in [-0.3, -0.25) is 4.79 Å². The van der Waals surface area contributed by atoms with Crippen molar-refractivity contribution in [3.63, 3.8) is 0 Å². The van der Waals surface area contributed by atoms with Gasteiger partial charge in [0, 0.05) is 5.02 Å². The number of hydrogen-bond donors (Lipinski definition) is 0. The minimum Gasteiger partial charge on any atom is -0.374 e. The van der Waals surface area contributed by atoms with Crippen molar-refractivity contribution >= 4 is 17.4 Å². The molecule has 2 aliphatic heterocycles. The molecule has 0 aliphatic carbocycles. The summed E-state index contributed by atoms with van der Waals surface area (Å²) in [6.07, 6.45) is -2.30. The van der Waals surface area contributed by atoms with Crippen LogP contribution >= 0.6 is 11.6 Å². The Hall–Kier alpha value is -3.36. The van der Waals surface area contributed by atoms with E-state index in [0.29, 0.717) is 24.8 Å². The van der Waals surface area contributed by atoms with Crippen molar-refractivity contribution in [2.75, 3.05) is 6.61 Å². The van der Waals surface area contributed by atoms with E-state index in [2.05, 4.69) is 0 Å². The van der Waals surface area contributed by atoms with Crippen LogP contribution in [0.1, 0.15) is 36.1 Å². The Labute approximate surface area is 270 Å². The van der Waals surface area contributed by atoms with Gasteiger partial charge in [0.2, 0.25) is 0 Å². The van der Waals surface area contributed by atoms with E-state index in [4.69, 9.17) is 35.3 Å². The fourth-order valence-electron chi connectivity index (χ4n) is 6.69. The van der Waals surface area contributed by atoms with E-state index >= 15 is 0 Å². The summed E-state index contributed by atoms with van der Waals surface area (Å²) < 4.78 is 33.2. The first kappa shape index (κ1) is 31.6. The Morgan fingerprint density at radius 3 is 1.78 bits per heavy atom. The third-order valence-corrected chi connectivity index (χ3v) is 9.10. The molecule has 0 amide bonds. The molecule has 0 spiro atoms. The fourth-order valence-corrected chi connectivity index (χ4v) is 6.82. The number of rotatable bonds is 12. The lowest BCUT2D eigenvalue weighted by Crippen LogP contribution is -2.58. The topological polar surface area (TPSA) is 63.2 Å². The summed E-state index contributed by atoms with van der Waals surface area (Å²) in [6, 6.07) is 37.5. The summed E-state index contributed by atoms with van der Waals surface area (Å²) in [6.45, 7) is 4.96. The van der Waals surface area contributed by atoms with Crippen molar-refractivity contribution in [2.45, 2.75) is 63.9 Å². The van der Waals surface area contributed by atoms with Crippen LogP contribution in [0.2, 0.25) is 5.02 Å². The molecule has 2 saturated heterocycles. The smallest absolute Gasteiger partial charge is 0.165 e. The van der Waals surface area contributed by atoms with E-state index in [0.717, 1.165) is 22.3 Å². The maximum Gasteiger partial charge on any atom is 0.165 e. The average molecular weight is 627 g/mol. The second-order valence-corrected chi connectivity index (χ2v) is 12.4. The lowest BCUT2D eigenvalue weighted by molar-refractivity contribution is -0.293. The molecule has 7 heteroatoms. The highest BCUT2D eigenvalue weighted by atomic mass is 35.5. The molecule has 45 heavy (non-hydrogen) atoms. The van der Waals surface area contributed by atoms with Gasteiger partial charge in [0.1, 0.15) is 23.6 Å². The zero-order chi connectivity index (χ0) is 31.2. The molecular weight excluding hydrogens is 588 g/mol. The van der Waals surface area contributed by atoms with Gasteiger partial charge >= 0.3 is 0 Å². The minimum absolute atomic E-state index is 0.00236. The van der Waals surface area contributed by atoms with Crippen molar-refractivity contribution in [3.8, 4) is 0 Å². The van der Waals surface area contributed by atoms with Gasteiger partial charge in [0.05, 0.1) is 44.4 Å². The Morgan fingerprint density at radius 2 is 1.24 bits per heavy atom. The Balaban J connectivity index is 1.35. The average Bonchev–Trinajstić information content (AvgIpc) is 3.37. The summed E-state index contributed by atoms with van der Waals surface area (Å²) >= 11 is 6.24. The summed E-state index contributed by atoms with van der Waals surface area (Å²) in [7, 11) is 0. The van der Waals surface area contributed by atoms with Crippen LogP contribution in [0.4, 0.5) is 0 Å². The number of ketones is 1. The van der Waals surface area contributed by atoms with Gasteiger partial charge in [-0.05, 0) is 48.2 Å². The molecule has 0 N–H and O–H groups in total. The number of Topliss-reactive ketones (excluding diaryl/α,β-unsaturated/α-hetero) is 1. The van der Waals surface area contributed by atoms with E-state index in [1.165, 1.54) is 0 Å². The second kappa shape index (κ2) is 14.4. The normalized spacial score (nSPS) is 27.6. The maximum absolute atomic E-state index is 13.6. The Bertz CT molecular complexity index is 1520. The van der Waals surface area contributed by atoms with Crippen LogP contribution in [-0.2, 0) is 53.9 Å². The molecule has 7 atom stereocenters. The number of halogens is 1. The van der Waals surface area contributed by atoms with E-state index in [1.807, 2.05) is 122 Å². The fraction of sp³-hybridized carbons (Fsp3) is 0.342. The first-order valence-electron chi connectivity index (χ1n) is 15.4. The van der Waals surface area contributed by atoms with E-state index in [1.54, 1.807) is 6.92 Å². The quantitative estimate of drug-likeness (QED) is 0.162. The lowest BCUT2D eigenvalue weighted by Gasteiger charge is -2.44. The highest BCUT2D eigenvalue weighted by Gasteiger charge is 2.63. The summed E-state index contributed by atoms with van der Waals surface area (Å²) in [4.78, 5) is 13.6. The van der Waals surface area contributed by atoms with Gasteiger partial charge < -0.3 is 23.7 Å². The van der Waals surface area contributed by atoms with Crippen LogP contribution in [0, 0.1) is 11.8 Å². The standard InChI is InChI=1S/C38H39ClO6/c1-26(40)34-33-36(43-24-29-16-10-5-11-17-29)35(42-23-28-14-8-4-9-15-28)32(25-41-22-27-12-6-3-7-13-27)44-37(33)45-38(34,2)30-18-20-31(39)21-19-30/h3-21,32-37H,22-25H2,1-2H3/t32-,33?,34+,35+,36-,37?,38-/m1/s1. The number of hydrogen-bond acceptors (Lipinski definition) is 6. The molecular formula is C38H39ClO6. The van der Waals surface area contributed by atoms with Crippen LogP contribution in [0.25, 0.3) is 0 Å². The Morgan fingerprint density at radius 1 is 0.733 bits per heavy atom. The van der Waals surface area contributed by atoms with Gasteiger partial charge in [-0.15, -0.1) is 0 Å². The van der Waals surface area contributed by atoms with Crippen molar-refractivity contribution in [3.05, 3.63) is 143 Å². The van der Waals surface area contributed by atoms with E-state index in [9.17, 15) is 4.79 Å². The molecule has 0 aromatic heterocycles. The van der Waals surface area contributed by atoms with Crippen LogP contribution in [0.5, 0.6) is 0 Å². The molecule has 4 aromatic rings. The van der Waals surface area contributed by atoms with Crippen molar-refractivity contribution in [1.29, 1.82) is 0 Å². The lowest BCUT2D eigenvalue weighted by atomic mass is 9.71. The first-order valence-corrected chi connectivity index (χ1v) is 15.8. The zero-order valence-corrected chi connectivity index (χ0v) is 26.3. The molecule has 234 valence electrons. The molecule has 2 heterocycles. The Kier molecular flexibility index (Phi) is 10.1. The van der Waals surface area contributed by atoms with Gasteiger partial charge in [0.15, 0.2) is 6.29 Å². The van der Waals surface area contributed by atoms with Crippen molar-refractivity contribution < 1.29 is 28.5 Å². The largest absolute Gasteiger partial charge is 0.374 e. The number of fused-ring (bicyclic) bond motifs is 1. The van der Waals surface area contributed by atoms with Crippen LogP contribution in [-0.4, -0.2) is 37.0 Å². The summed E-state index contributed by atoms with van der Waals surface area (Å²) in [5.41, 5.74) is 3.00. The van der Waals surface area contributed by atoms with Crippen molar-refractivity contribution in [1.82, 2.24) is 0 Å². The molecule has 4 aromatic carbocycles. The summed E-state index contributed by atoms with van der Waals surface area (Å²) in [5, 5.41) is 0.613. The minimum atomic E-state index is -0.968. The van der Waals surface area contributed by atoms with Gasteiger partial charge in [-0.1, -0.05) is 115 Å². The molecule has 6 nitrogen and oxygen atoms in total. The highest BCUT2D eigenvalue weighted by Crippen LogP contribution is 2.53. The summed E-state index contributed by atoms with van der Waals surface area (Å²) in [5.74, 6) is -0.992. The van der Waals surface area contributed by atoms with Crippen LogP contribution in [0.15, 0.2) is 115 Å². The number of benzene rings is 4. The van der Waals surface area contributed by atoms with Crippen LogP contribution < -0.4 is 0 Å². The second-order valence-electron chi connectivity index (χ2n) is 12.0. The van der Waals surface area contributed by atoms with E-state index < -0.39 is 42.0 Å².